The van der Waals surface area contributed by atoms with Gasteiger partial charge in [-0.1, -0.05) is 12.1 Å². The number of hydrogen-bond acceptors (Lipinski definition) is 4. The second-order valence-electron chi connectivity index (χ2n) is 7.31. The number of carbonyl (C=O) groups is 1. The minimum Gasteiger partial charge on any atom is -0.338 e. The Morgan fingerprint density at radius 2 is 1.81 bits per heavy atom. The van der Waals surface area contributed by atoms with Crippen LogP contribution in [0.25, 0.3) is 0 Å². The maximum atomic E-state index is 13.3. The summed E-state index contributed by atoms with van der Waals surface area (Å²) in [6.45, 7) is 3.50. The van der Waals surface area contributed by atoms with Crippen molar-refractivity contribution >= 4 is 28.2 Å². The van der Waals surface area contributed by atoms with Crippen LogP contribution in [0.15, 0.2) is 24.3 Å². The Morgan fingerprint density at radius 1 is 1.23 bits per heavy atom. The topological polar surface area (TPSA) is 66.5 Å². The van der Waals surface area contributed by atoms with Crippen molar-refractivity contribution in [2.24, 2.45) is 0 Å². The first-order valence-corrected chi connectivity index (χ1v) is 10.6. The van der Waals surface area contributed by atoms with E-state index in [9.17, 15) is 17.6 Å². The molecule has 0 spiro atoms. The number of rotatable bonds is 3. The number of benzene rings is 1. The molecule has 2 aliphatic heterocycles. The largest absolute Gasteiger partial charge is 0.338 e. The van der Waals surface area contributed by atoms with E-state index in [4.69, 9.17) is 0 Å². The molecule has 8 heteroatoms. The van der Waals surface area contributed by atoms with Gasteiger partial charge in [0.1, 0.15) is 5.82 Å². The fourth-order valence-electron chi connectivity index (χ4n) is 4.13. The molecule has 0 radical (unpaired) electrons. The number of sulfone groups is 1. The summed E-state index contributed by atoms with van der Waals surface area (Å²) < 4.78 is 36.8. The smallest absolute Gasteiger partial charge is 0.244 e. The van der Waals surface area contributed by atoms with Gasteiger partial charge in [0.05, 0.1) is 0 Å². The van der Waals surface area contributed by atoms with Crippen molar-refractivity contribution in [3.05, 3.63) is 35.6 Å². The normalized spacial score (nSPS) is 25.6. The van der Waals surface area contributed by atoms with Crippen LogP contribution >= 0.6 is 12.4 Å². The van der Waals surface area contributed by atoms with Gasteiger partial charge in [0.2, 0.25) is 5.91 Å². The Balaban J connectivity index is 0.00000243. The highest BCUT2D eigenvalue weighted by Crippen LogP contribution is 2.37. The maximum Gasteiger partial charge on any atom is 0.244 e. The second-order valence-corrected chi connectivity index (χ2v) is 9.63. The number of nitrogens with one attached hydrogen (secondary N) is 1. The number of amides is 1. The Kier molecular flexibility index (Phi) is 6.36. The standard InChI is InChI=1S/C18H25FN2O3S.ClH/c1-13-11-15(14-3-5-16(19)6-4-14)12-21(13)17(22)18(25(2,23)24)7-9-20-10-8-18;/h3-6,13,15,20H,7-12H2,1-2H3;1H. The van der Waals surface area contributed by atoms with Gasteiger partial charge in [-0.3, -0.25) is 4.79 Å². The molecule has 2 unspecified atom stereocenters. The number of likely N-dealkylation sites (tertiary alicyclic amines) is 1. The third-order valence-electron chi connectivity index (χ3n) is 5.69. The van der Waals surface area contributed by atoms with Crippen LogP contribution in [0, 0.1) is 5.82 Å². The maximum absolute atomic E-state index is 13.3. The molecule has 2 aliphatic rings. The van der Waals surface area contributed by atoms with Crippen LogP contribution < -0.4 is 5.32 Å². The quantitative estimate of drug-likeness (QED) is 0.838. The number of hydrogen-bond donors (Lipinski definition) is 1. The molecule has 0 saturated carbocycles. The summed E-state index contributed by atoms with van der Waals surface area (Å²) in [4.78, 5) is 15.0. The molecule has 5 nitrogen and oxygen atoms in total. The third kappa shape index (κ3) is 3.75. The molecule has 1 aromatic rings. The predicted octanol–water partition coefficient (Wildman–Crippen LogP) is 2.12. The zero-order valence-electron chi connectivity index (χ0n) is 15.1. The lowest BCUT2D eigenvalue weighted by atomic mass is 9.95. The molecule has 3 rings (SSSR count). The molecule has 2 fully saturated rings. The molecular weight excluding hydrogens is 379 g/mol. The fourth-order valence-corrected chi connectivity index (χ4v) is 5.51. The second kappa shape index (κ2) is 7.82. The summed E-state index contributed by atoms with van der Waals surface area (Å²) in [5, 5.41) is 3.14. The van der Waals surface area contributed by atoms with Crippen molar-refractivity contribution in [1.82, 2.24) is 10.2 Å². The molecule has 146 valence electrons. The van der Waals surface area contributed by atoms with E-state index >= 15 is 0 Å². The fraction of sp³-hybridized carbons (Fsp3) is 0.611. The average Bonchev–Trinajstić information content (AvgIpc) is 2.96. The summed E-state index contributed by atoms with van der Waals surface area (Å²) in [5.74, 6) is -0.444. The lowest BCUT2D eigenvalue weighted by Crippen LogP contribution is -2.58. The summed E-state index contributed by atoms with van der Waals surface area (Å²) in [6.07, 6.45) is 2.56. The van der Waals surface area contributed by atoms with Crippen LogP contribution in [0.4, 0.5) is 4.39 Å². The van der Waals surface area contributed by atoms with Crippen molar-refractivity contribution in [3.8, 4) is 0 Å². The van der Waals surface area contributed by atoms with Crippen molar-refractivity contribution < 1.29 is 17.6 Å². The molecule has 2 heterocycles. The minimum absolute atomic E-state index is 0. The van der Waals surface area contributed by atoms with E-state index in [0.29, 0.717) is 32.5 Å². The lowest BCUT2D eigenvalue weighted by Gasteiger charge is -2.38. The first-order chi connectivity index (χ1) is 11.7. The van der Waals surface area contributed by atoms with E-state index in [1.165, 1.54) is 18.4 Å². The molecular formula is C18H26ClFN2O3S. The van der Waals surface area contributed by atoms with Crippen molar-refractivity contribution in [3.63, 3.8) is 0 Å². The monoisotopic (exact) mass is 404 g/mol. The van der Waals surface area contributed by atoms with Gasteiger partial charge in [-0.25, -0.2) is 12.8 Å². The lowest BCUT2D eigenvalue weighted by molar-refractivity contribution is -0.135. The number of carbonyl (C=O) groups excluding carboxylic acids is 1. The average molecular weight is 405 g/mol. The summed E-state index contributed by atoms with van der Waals surface area (Å²) >= 11 is 0. The summed E-state index contributed by atoms with van der Waals surface area (Å²) in [5.41, 5.74) is 0.988. The molecule has 2 saturated heterocycles. The zero-order chi connectivity index (χ0) is 18.2. The first kappa shape index (κ1) is 21.1. The van der Waals surface area contributed by atoms with Crippen LogP contribution in [-0.4, -0.2) is 55.9 Å². The molecule has 0 aromatic heterocycles. The highest BCUT2D eigenvalue weighted by Gasteiger charge is 2.52. The molecule has 1 N–H and O–H groups in total. The Hall–Kier alpha value is -1.18. The van der Waals surface area contributed by atoms with Crippen molar-refractivity contribution in [2.45, 2.75) is 42.9 Å². The molecule has 1 aromatic carbocycles. The van der Waals surface area contributed by atoms with E-state index in [2.05, 4.69) is 5.32 Å². The van der Waals surface area contributed by atoms with E-state index in [-0.39, 0.29) is 36.1 Å². The van der Waals surface area contributed by atoms with E-state index < -0.39 is 14.6 Å². The summed E-state index contributed by atoms with van der Waals surface area (Å²) in [7, 11) is -3.52. The van der Waals surface area contributed by atoms with Gasteiger partial charge < -0.3 is 10.2 Å². The van der Waals surface area contributed by atoms with Crippen LogP contribution in [0.1, 0.15) is 37.7 Å². The van der Waals surface area contributed by atoms with Gasteiger partial charge in [-0.05, 0) is 57.0 Å². The Morgan fingerprint density at radius 3 is 2.35 bits per heavy atom. The van der Waals surface area contributed by atoms with E-state index in [1.54, 1.807) is 17.0 Å². The van der Waals surface area contributed by atoms with Gasteiger partial charge in [-0.2, -0.15) is 0 Å². The van der Waals surface area contributed by atoms with Crippen LogP contribution in [0.5, 0.6) is 0 Å². The molecule has 2 atom stereocenters. The van der Waals surface area contributed by atoms with E-state index in [1.807, 2.05) is 6.92 Å². The third-order valence-corrected chi connectivity index (χ3v) is 7.69. The zero-order valence-corrected chi connectivity index (χ0v) is 16.7. The molecule has 1 amide bonds. The van der Waals surface area contributed by atoms with Crippen molar-refractivity contribution in [1.29, 1.82) is 0 Å². The number of nitrogens with zero attached hydrogens (tertiary/aromatic N) is 1. The predicted molar refractivity (Wildman–Crippen MR) is 102 cm³/mol. The van der Waals surface area contributed by atoms with Crippen LogP contribution in [0.3, 0.4) is 0 Å². The highest BCUT2D eigenvalue weighted by atomic mass is 35.5. The van der Waals surface area contributed by atoms with Crippen LogP contribution in [-0.2, 0) is 14.6 Å². The molecule has 0 aliphatic carbocycles. The Labute approximate surface area is 160 Å². The number of piperidine rings is 1. The van der Waals surface area contributed by atoms with Gasteiger partial charge in [0.25, 0.3) is 0 Å². The molecule has 0 bridgehead atoms. The summed E-state index contributed by atoms with van der Waals surface area (Å²) in [6, 6.07) is 6.32. The minimum atomic E-state index is -3.52. The van der Waals surface area contributed by atoms with Crippen molar-refractivity contribution in [2.75, 3.05) is 25.9 Å². The molecule has 26 heavy (non-hydrogen) atoms. The van der Waals surface area contributed by atoms with Gasteiger partial charge in [0.15, 0.2) is 14.6 Å². The highest BCUT2D eigenvalue weighted by molar-refractivity contribution is 7.92. The number of halogens is 2. The van der Waals surface area contributed by atoms with Gasteiger partial charge in [-0.15, -0.1) is 12.4 Å². The SMILES string of the molecule is CC1CC(c2ccc(F)cc2)CN1C(=O)C1(S(C)(=O)=O)CCNCC1.Cl. The Bertz CT molecular complexity index is 748. The van der Waals surface area contributed by atoms with Crippen LogP contribution in [0.2, 0.25) is 0 Å². The van der Waals surface area contributed by atoms with E-state index in [0.717, 1.165) is 12.0 Å². The van der Waals surface area contributed by atoms with Gasteiger partial charge >= 0.3 is 0 Å². The first-order valence-electron chi connectivity index (χ1n) is 8.71. The van der Waals surface area contributed by atoms with Gasteiger partial charge in [0, 0.05) is 24.8 Å².